The number of H-pyrrole nitrogens is 1. The van der Waals surface area contributed by atoms with Gasteiger partial charge in [-0.3, -0.25) is 9.36 Å². The molecule has 1 fully saturated rings. The summed E-state index contributed by atoms with van der Waals surface area (Å²) in [7, 11) is 0. The summed E-state index contributed by atoms with van der Waals surface area (Å²) in [4.78, 5) is 24.5. The van der Waals surface area contributed by atoms with E-state index in [1.54, 1.807) is 17.6 Å². The van der Waals surface area contributed by atoms with E-state index in [-0.39, 0.29) is 22.9 Å². The van der Waals surface area contributed by atoms with Crippen molar-refractivity contribution < 1.29 is 9.32 Å². The Morgan fingerprint density at radius 3 is 3.00 bits per heavy atom. The van der Waals surface area contributed by atoms with Gasteiger partial charge in [0.2, 0.25) is 5.91 Å². The highest BCUT2D eigenvalue weighted by Gasteiger charge is 2.31. The number of unbranched alkanes of at least 4 members (excludes halogenated alkanes) is 1. The van der Waals surface area contributed by atoms with Gasteiger partial charge in [-0.2, -0.15) is 0 Å². The van der Waals surface area contributed by atoms with Gasteiger partial charge in [-0.25, -0.2) is 9.89 Å². The fourth-order valence-electron chi connectivity index (χ4n) is 2.42. The molecule has 9 heteroatoms. The number of carbonyl (C=O) groups excluding carboxylic acids is 1. The molecule has 1 saturated carbocycles. The van der Waals surface area contributed by atoms with Crippen LogP contribution in [-0.4, -0.2) is 31.1 Å². The fourth-order valence-corrected chi connectivity index (χ4v) is 3.57. The lowest BCUT2D eigenvalue weighted by molar-refractivity contribution is -0.115. The third-order valence-corrected chi connectivity index (χ3v) is 5.06. The molecule has 1 unspecified atom stereocenters. The van der Waals surface area contributed by atoms with Crippen LogP contribution in [0.2, 0.25) is 0 Å². The maximum absolute atomic E-state index is 12.6. The SMILES string of the molecule is CCCCC(Sc1n[nH]c(=O)n1C1CC1)C(=O)Nc1cc(C)on1. The summed E-state index contributed by atoms with van der Waals surface area (Å²) in [6, 6.07) is 1.89. The van der Waals surface area contributed by atoms with Crippen LogP contribution in [0.1, 0.15) is 50.8 Å². The second kappa shape index (κ2) is 7.25. The lowest BCUT2D eigenvalue weighted by Gasteiger charge is -2.15. The number of thioether (sulfide) groups is 1. The Kier molecular flexibility index (Phi) is 5.08. The number of rotatable bonds is 8. The van der Waals surface area contributed by atoms with Crippen LogP contribution in [-0.2, 0) is 4.79 Å². The van der Waals surface area contributed by atoms with Crippen molar-refractivity contribution in [3.63, 3.8) is 0 Å². The average Bonchev–Trinajstić information content (AvgIpc) is 3.21. The second-order valence-electron chi connectivity index (χ2n) is 5.97. The number of aromatic nitrogens is 4. The highest BCUT2D eigenvalue weighted by Crippen LogP contribution is 2.37. The lowest BCUT2D eigenvalue weighted by Crippen LogP contribution is -2.26. The van der Waals surface area contributed by atoms with Crippen molar-refractivity contribution >= 4 is 23.5 Å². The van der Waals surface area contributed by atoms with Crippen LogP contribution in [0.15, 0.2) is 20.5 Å². The Bertz CT molecular complexity index is 761. The average molecular weight is 351 g/mol. The molecule has 2 aromatic heterocycles. The minimum absolute atomic E-state index is 0.153. The molecule has 1 atom stereocenters. The Hall–Kier alpha value is -2.03. The Balaban J connectivity index is 1.73. The monoisotopic (exact) mass is 351 g/mol. The fraction of sp³-hybridized carbons (Fsp3) is 0.600. The highest BCUT2D eigenvalue weighted by molar-refractivity contribution is 8.00. The second-order valence-corrected chi connectivity index (χ2v) is 7.14. The zero-order valence-electron chi connectivity index (χ0n) is 13.7. The van der Waals surface area contributed by atoms with Crippen molar-refractivity contribution in [1.82, 2.24) is 19.9 Å². The van der Waals surface area contributed by atoms with E-state index in [9.17, 15) is 9.59 Å². The van der Waals surface area contributed by atoms with Crippen LogP contribution in [0, 0.1) is 6.92 Å². The van der Waals surface area contributed by atoms with Gasteiger partial charge in [0.25, 0.3) is 0 Å². The van der Waals surface area contributed by atoms with Gasteiger partial charge in [-0.15, -0.1) is 5.10 Å². The highest BCUT2D eigenvalue weighted by atomic mass is 32.2. The maximum atomic E-state index is 12.6. The minimum Gasteiger partial charge on any atom is -0.360 e. The van der Waals surface area contributed by atoms with Crippen LogP contribution >= 0.6 is 11.8 Å². The Labute approximate surface area is 143 Å². The molecule has 0 aliphatic heterocycles. The third-order valence-electron chi connectivity index (χ3n) is 3.82. The number of nitrogens with zero attached hydrogens (tertiary/aromatic N) is 3. The quantitative estimate of drug-likeness (QED) is 0.708. The summed E-state index contributed by atoms with van der Waals surface area (Å²) >= 11 is 1.33. The first kappa shape index (κ1) is 16.8. The van der Waals surface area contributed by atoms with Gasteiger partial charge in [-0.1, -0.05) is 36.7 Å². The molecule has 2 aromatic rings. The zero-order valence-corrected chi connectivity index (χ0v) is 14.6. The van der Waals surface area contributed by atoms with E-state index in [0.29, 0.717) is 23.2 Å². The number of aromatic amines is 1. The number of aryl methyl sites for hydroxylation is 1. The van der Waals surface area contributed by atoms with Gasteiger partial charge in [-0.05, 0) is 26.2 Å². The topological polar surface area (TPSA) is 106 Å². The van der Waals surface area contributed by atoms with E-state index in [1.807, 2.05) is 0 Å². The van der Waals surface area contributed by atoms with Gasteiger partial charge in [0, 0.05) is 12.1 Å². The van der Waals surface area contributed by atoms with Gasteiger partial charge in [0.1, 0.15) is 5.76 Å². The number of hydrogen-bond donors (Lipinski definition) is 2. The molecule has 1 aliphatic rings. The first-order chi connectivity index (χ1) is 11.6. The molecule has 0 bridgehead atoms. The van der Waals surface area contributed by atoms with E-state index in [4.69, 9.17) is 4.52 Å². The van der Waals surface area contributed by atoms with Gasteiger partial charge < -0.3 is 9.84 Å². The molecule has 0 spiro atoms. The van der Waals surface area contributed by atoms with Crippen molar-refractivity contribution in [2.24, 2.45) is 0 Å². The van der Waals surface area contributed by atoms with Crippen LogP contribution in [0.4, 0.5) is 5.82 Å². The molecule has 3 rings (SSSR count). The van der Waals surface area contributed by atoms with E-state index in [1.165, 1.54) is 11.8 Å². The molecule has 0 saturated heterocycles. The molecule has 2 heterocycles. The minimum atomic E-state index is -0.338. The molecule has 1 amide bonds. The first-order valence-corrected chi connectivity index (χ1v) is 9.04. The van der Waals surface area contributed by atoms with Gasteiger partial charge >= 0.3 is 5.69 Å². The predicted octanol–water partition coefficient (Wildman–Crippen LogP) is 2.49. The normalized spacial score (nSPS) is 15.4. The standard InChI is InChI=1S/C15H21N5O3S/c1-3-4-5-11(13(21)16-12-8-9(2)23-19-12)24-15-18-17-14(22)20(15)10-6-7-10/h8,10-11H,3-7H2,1-2H3,(H,17,22)(H,16,19,21). The van der Waals surface area contributed by atoms with Crippen LogP contribution in [0.25, 0.3) is 0 Å². The van der Waals surface area contributed by atoms with Crippen molar-refractivity contribution in [2.45, 2.75) is 62.4 Å². The van der Waals surface area contributed by atoms with Crippen LogP contribution in [0.3, 0.4) is 0 Å². The largest absolute Gasteiger partial charge is 0.360 e. The van der Waals surface area contributed by atoms with E-state index in [2.05, 4.69) is 27.6 Å². The Morgan fingerprint density at radius 1 is 1.58 bits per heavy atom. The van der Waals surface area contributed by atoms with Gasteiger partial charge in [0.15, 0.2) is 11.0 Å². The lowest BCUT2D eigenvalue weighted by atomic mass is 10.2. The number of carbonyl (C=O) groups is 1. The van der Waals surface area contributed by atoms with Crippen molar-refractivity contribution in [3.8, 4) is 0 Å². The number of nitrogens with one attached hydrogen (secondary N) is 2. The molecule has 0 aromatic carbocycles. The summed E-state index contributed by atoms with van der Waals surface area (Å²) in [6.45, 7) is 3.85. The maximum Gasteiger partial charge on any atom is 0.344 e. The molecule has 24 heavy (non-hydrogen) atoms. The molecule has 130 valence electrons. The van der Waals surface area contributed by atoms with E-state index in [0.717, 1.165) is 25.7 Å². The molecule has 2 N–H and O–H groups in total. The summed E-state index contributed by atoms with van der Waals surface area (Å²) in [6.07, 6.45) is 4.58. The summed E-state index contributed by atoms with van der Waals surface area (Å²) in [5, 5.41) is 13.4. The van der Waals surface area contributed by atoms with Gasteiger partial charge in [0.05, 0.1) is 5.25 Å². The van der Waals surface area contributed by atoms with Crippen molar-refractivity contribution in [2.75, 3.05) is 5.32 Å². The number of hydrogen-bond acceptors (Lipinski definition) is 6. The van der Waals surface area contributed by atoms with Crippen LogP contribution in [0.5, 0.6) is 0 Å². The van der Waals surface area contributed by atoms with Crippen molar-refractivity contribution in [3.05, 3.63) is 22.3 Å². The summed E-state index contributed by atoms with van der Waals surface area (Å²) in [5.41, 5.74) is -0.207. The Morgan fingerprint density at radius 2 is 2.38 bits per heavy atom. The van der Waals surface area contributed by atoms with E-state index < -0.39 is 0 Å². The van der Waals surface area contributed by atoms with Crippen molar-refractivity contribution in [1.29, 1.82) is 0 Å². The smallest absolute Gasteiger partial charge is 0.344 e. The number of amides is 1. The number of anilines is 1. The summed E-state index contributed by atoms with van der Waals surface area (Å²) < 4.78 is 6.64. The first-order valence-electron chi connectivity index (χ1n) is 8.16. The molecule has 0 radical (unpaired) electrons. The third kappa shape index (κ3) is 3.89. The zero-order chi connectivity index (χ0) is 17.1. The molecule has 8 nitrogen and oxygen atoms in total. The van der Waals surface area contributed by atoms with E-state index >= 15 is 0 Å². The molecular weight excluding hydrogens is 330 g/mol. The predicted molar refractivity (Wildman–Crippen MR) is 90.2 cm³/mol. The molecule has 1 aliphatic carbocycles. The molecular formula is C15H21N5O3S. The summed E-state index contributed by atoms with van der Waals surface area (Å²) in [5.74, 6) is 0.888. The van der Waals surface area contributed by atoms with Crippen LogP contribution < -0.4 is 11.0 Å².